The number of hydrogen-bond acceptors (Lipinski definition) is 4. The molecule has 7 nitrogen and oxygen atoms in total. The number of para-hydroxylation sites is 1. The van der Waals surface area contributed by atoms with Crippen molar-refractivity contribution in [3.8, 4) is 0 Å². The van der Waals surface area contributed by atoms with Gasteiger partial charge in [0, 0.05) is 24.7 Å². The van der Waals surface area contributed by atoms with Gasteiger partial charge in [0.05, 0.1) is 11.3 Å². The number of benzene rings is 2. The summed E-state index contributed by atoms with van der Waals surface area (Å²) in [6, 6.07) is 13.1. The minimum atomic E-state index is -0.698. The predicted molar refractivity (Wildman–Crippen MR) is 111 cm³/mol. The normalized spacial score (nSPS) is 11.6. The number of hydrogen-bond donors (Lipinski definition) is 1. The SMILES string of the molecule is CCCNC(=O)[C@H](C)N(Cc1ccccc1C)C(=O)Cc1ccccc1[N+](=O)[O-]. The average Bonchev–Trinajstić information content (AvgIpc) is 2.71. The van der Waals surface area contributed by atoms with E-state index < -0.39 is 11.0 Å². The van der Waals surface area contributed by atoms with Crippen molar-refractivity contribution in [1.82, 2.24) is 10.2 Å². The lowest BCUT2D eigenvalue weighted by Gasteiger charge is -2.29. The Balaban J connectivity index is 2.31. The minimum Gasteiger partial charge on any atom is -0.354 e. The van der Waals surface area contributed by atoms with Gasteiger partial charge in [0.25, 0.3) is 5.69 Å². The molecule has 2 aromatic carbocycles. The second-order valence-electron chi connectivity index (χ2n) is 6.98. The summed E-state index contributed by atoms with van der Waals surface area (Å²) in [4.78, 5) is 38.0. The molecular formula is C22H27N3O4. The van der Waals surface area contributed by atoms with Gasteiger partial charge in [-0.3, -0.25) is 19.7 Å². The molecule has 1 N–H and O–H groups in total. The molecule has 0 aliphatic carbocycles. The van der Waals surface area contributed by atoms with E-state index >= 15 is 0 Å². The second-order valence-corrected chi connectivity index (χ2v) is 6.98. The highest BCUT2D eigenvalue weighted by molar-refractivity contribution is 5.88. The molecule has 0 aliphatic rings. The van der Waals surface area contributed by atoms with Crippen molar-refractivity contribution in [2.45, 2.75) is 46.2 Å². The molecule has 0 saturated carbocycles. The Bertz CT molecular complexity index is 882. The highest BCUT2D eigenvalue weighted by atomic mass is 16.6. The van der Waals surface area contributed by atoms with Crippen LogP contribution in [-0.4, -0.2) is 34.2 Å². The van der Waals surface area contributed by atoms with Crippen molar-refractivity contribution in [2.75, 3.05) is 6.54 Å². The molecule has 0 unspecified atom stereocenters. The maximum Gasteiger partial charge on any atom is 0.273 e. The van der Waals surface area contributed by atoms with Gasteiger partial charge in [-0.15, -0.1) is 0 Å². The first-order chi connectivity index (χ1) is 13.8. The molecule has 0 bridgehead atoms. The van der Waals surface area contributed by atoms with Crippen molar-refractivity contribution < 1.29 is 14.5 Å². The van der Waals surface area contributed by atoms with E-state index in [0.717, 1.165) is 17.5 Å². The van der Waals surface area contributed by atoms with Crippen molar-refractivity contribution in [2.24, 2.45) is 0 Å². The quantitative estimate of drug-likeness (QED) is 0.518. The number of aryl methyl sites for hydroxylation is 1. The molecule has 2 aromatic rings. The van der Waals surface area contributed by atoms with Crippen LogP contribution in [0.3, 0.4) is 0 Å². The maximum atomic E-state index is 13.1. The van der Waals surface area contributed by atoms with Gasteiger partial charge >= 0.3 is 0 Å². The second kappa shape index (κ2) is 10.4. The fourth-order valence-corrected chi connectivity index (χ4v) is 3.05. The number of rotatable bonds is 9. The van der Waals surface area contributed by atoms with E-state index in [1.807, 2.05) is 38.1 Å². The van der Waals surface area contributed by atoms with Crippen LogP contribution in [0.2, 0.25) is 0 Å². The van der Waals surface area contributed by atoms with Crippen LogP contribution in [0.1, 0.15) is 37.0 Å². The number of amides is 2. The van der Waals surface area contributed by atoms with Crippen molar-refractivity contribution in [1.29, 1.82) is 0 Å². The summed E-state index contributed by atoms with van der Waals surface area (Å²) in [7, 11) is 0. The average molecular weight is 397 g/mol. The Morgan fingerprint density at radius 1 is 1.10 bits per heavy atom. The lowest BCUT2D eigenvalue weighted by atomic mass is 10.0. The zero-order valence-electron chi connectivity index (χ0n) is 17.1. The number of carbonyl (C=O) groups is 2. The molecule has 29 heavy (non-hydrogen) atoms. The summed E-state index contributed by atoms with van der Waals surface area (Å²) in [6.07, 6.45) is 0.648. The third kappa shape index (κ3) is 5.88. The van der Waals surface area contributed by atoms with Gasteiger partial charge < -0.3 is 10.2 Å². The monoisotopic (exact) mass is 397 g/mol. The molecule has 7 heteroatoms. The fourth-order valence-electron chi connectivity index (χ4n) is 3.05. The summed E-state index contributed by atoms with van der Waals surface area (Å²) in [5.74, 6) is -0.571. The molecule has 0 aliphatic heterocycles. The fraction of sp³-hybridized carbons (Fsp3) is 0.364. The Labute approximate surface area is 170 Å². The van der Waals surface area contributed by atoms with E-state index in [4.69, 9.17) is 0 Å². The van der Waals surface area contributed by atoms with Crippen LogP contribution in [0.15, 0.2) is 48.5 Å². The first-order valence-corrected chi connectivity index (χ1v) is 9.69. The minimum absolute atomic E-state index is 0.0974. The Morgan fingerprint density at radius 3 is 2.34 bits per heavy atom. The molecule has 0 aromatic heterocycles. The molecule has 2 amide bonds. The summed E-state index contributed by atoms with van der Waals surface area (Å²) < 4.78 is 0. The summed E-state index contributed by atoms with van der Waals surface area (Å²) in [6.45, 7) is 6.37. The number of nitro benzene ring substituents is 1. The number of carbonyl (C=O) groups excluding carboxylic acids is 2. The molecule has 2 rings (SSSR count). The van der Waals surface area contributed by atoms with E-state index in [1.54, 1.807) is 25.1 Å². The summed E-state index contributed by atoms with van der Waals surface area (Å²) in [5.41, 5.74) is 2.17. The van der Waals surface area contributed by atoms with Gasteiger partial charge in [-0.25, -0.2) is 0 Å². The van der Waals surface area contributed by atoms with Crippen LogP contribution in [0, 0.1) is 17.0 Å². The molecule has 0 saturated heterocycles. The van der Waals surface area contributed by atoms with Crippen LogP contribution in [0.4, 0.5) is 5.69 Å². The molecule has 154 valence electrons. The smallest absolute Gasteiger partial charge is 0.273 e. The first kappa shape index (κ1) is 22.1. The Kier molecular flexibility index (Phi) is 7.88. The molecule has 0 spiro atoms. The van der Waals surface area contributed by atoms with Crippen molar-refractivity contribution in [3.63, 3.8) is 0 Å². The van der Waals surface area contributed by atoms with E-state index in [2.05, 4.69) is 5.32 Å². The Hall–Kier alpha value is -3.22. The maximum absolute atomic E-state index is 13.1. The van der Waals surface area contributed by atoms with Gasteiger partial charge in [-0.2, -0.15) is 0 Å². The molecular weight excluding hydrogens is 370 g/mol. The standard InChI is InChI=1S/C22H27N3O4/c1-4-13-23-22(27)17(3)24(15-19-11-6-5-9-16(19)2)21(26)14-18-10-7-8-12-20(18)25(28)29/h5-12,17H,4,13-15H2,1-3H3,(H,23,27)/t17-/m0/s1. The van der Waals surface area contributed by atoms with Gasteiger partial charge in [-0.05, 0) is 31.4 Å². The number of nitrogens with one attached hydrogen (secondary N) is 1. The topological polar surface area (TPSA) is 92.6 Å². The Morgan fingerprint density at radius 2 is 1.72 bits per heavy atom. The molecule has 1 atom stereocenters. The zero-order chi connectivity index (χ0) is 21.4. The van der Waals surface area contributed by atoms with Crippen molar-refractivity contribution >= 4 is 17.5 Å². The largest absolute Gasteiger partial charge is 0.354 e. The van der Waals surface area contributed by atoms with Gasteiger partial charge in [0.15, 0.2) is 0 Å². The van der Waals surface area contributed by atoms with E-state index in [0.29, 0.717) is 12.1 Å². The van der Waals surface area contributed by atoms with Crippen LogP contribution in [0.25, 0.3) is 0 Å². The highest BCUT2D eigenvalue weighted by Gasteiger charge is 2.28. The molecule has 0 fully saturated rings. The summed E-state index contributed by atoms with van der Waals surface area (Å²) in [5, 5.41) is 14.1. The van der Waals surface area contributed by atoms with Crippen LogP contribution in [0.5, 0.6) is 0 Å². The van der Waals surface area contributed by atoms with Crippen LogP contribution < -0.4 is 5.32 Å². The predicted octanol–water partition coefficient (Wildman–Crippen LogP) is 3.39. The third-order valence-corrected chi connectivity index (χ3v) is 4.85. The number of nitro groups is 1. The summed E-state index contributed by atoms with van der Waals surface area (Å²) >= 11 is 0. The lowest BCUT2D eigenvalue weighted by Crippen LogP contribution is -2.48. The third-order valence-electron chi connectivity index (χ3n) is 4.85. The highest BCUT2D eigenvalue weighted by Crippen LogP contribution is 2.21. The van der Waals surface area contributed by atoms with E-state index in [9.17, 15) is 19.7 Å². The lowest BCUT2D eigenvalue weighted by molar-refractivity contribution is -0.385. The van der Waals surface area contributed by atoms with Gasteiger partial charge in [0.2, 0.25) is 11.8 Å². The van der Waals surface area contributed by atoms with E-state index in [1.165, 1.54) is 11.0 Å². The van der Waals surface area contributed by atoms with Crippen LogP contribution in [-0.2, 0) is 22.6 Å². The van der Waals surface area contributed by atoms with Crippen molar-refractivity contribution in [3.05, 3.63) is 75.3 Å². The molecule has 0 radical (unpaired) electrons. The van der Waals surface area contributed by atoms with Gasteiger partial charge in [-0.1, -0.05) is 49.4 Å². The molecule has 0 heterocycles. The van der Waals surface area contributed by atoms with Gasteiger partial charge in [0.1, 0.15) is 6.04 Å². The number of nitrogens with zero attached hydrogens (tertiary/aromatic N) is 2. The zero-order valence-corrected chi connectivity index (χ0v) is 17.1. The van der Waals surface area contributed by atoms with Crippen LogP contribution >= 0.6 is 0 Å². The van der Waals surface area contributed by atoms with E-state index in [-0.39, 0.29) is 30.5 Å². The first-order valence-electron chi connectivity index (χ1n) is 9.69.